The summed E-state index contributed by atoms with van der Waals surface area (Å²) in [7, 11) is 0. The molecule has 3 aliphatic rings. The number of halogens is 1. The molecule has 4 heterocycles. The minimum atomic E-state index is -0.994. The molecule has 0 radical (unpaired) electrons. The molecule has 1 saturated carbocycles. The summed E-state index contributed by atoms with van der Waals surface area (Å²) < 4.78 is 17.1. The first-order valence-electron chi connectivity index (χ1n) is 14.4. The van der Waals surface area contributed by atoms with Crippen LogP contribution in [0.2, 0.25) is 0 Å². The van der Waals surface area contributed by atoms with Crippen LogP contribution < -0.4 is 0 Å². The summed E-state index contributed by atoms with van der Waals surface area (Å²) in [6.45, 7) is 2.69. The molecule has 0 spiro atoms. The Morgan fingerprint density at radius 3 is 2.69 bits per heavy atom. The number of fused-ring (bicyclic) bond motifs is 2. The number of hydrogen-bond acceptors (Lipinski definition) is 5. The van der Waals surface area contributed by atoms with Crippen molar-refractivity contribution in [2.45, 2.75) is 57.0 Å². The highest BCUT2D eigenvalue weighted by Crippen LogP contribution is 2.41. The molecule has 212 valence electrons. The summed E-state index contributed by atoms with van der Waals surface area (Å²) >= 11 is 0. The van der Waals surface area contributed by atoms with Gasteiger partial charge in [-0.2, -0.15) is 5.10 Å². The molecule has 0 saturated heterocycles. The third-order valence-corrected chi connectivity index (χ3v) is 8.59. The molecule has 2 atom stereocenters. The number of aryl methyl sites for hydroxylation is 1. The first kappa shape index (κ1) is 26.3. The Bertz CT molecular complexity index is 1800. The minimum absolute atomic E-state index is 0.0475. The van der Waals surface area contributed by atoms with Gasteiger partial charge in [-0.25, -0.2) is 18.7 Å². The van der Waals surface area contributed by atoms with Gasteiger partial charge in [0.1, 0.15) is 11.5 Å². The number of nitrogens with zero attached hydrogens (tertiary/aromatic N) is 5. The van der Waals surface area contributed by atoms with Crippen LogP contribution in [0.5, 0.6) is 0 Å². The van der Waals surface area contributed by atoms with Gasteiger partial charge in [0.25, 0.3) is 5.91 Å². The molecular formula is C33H30FN5O3. The van der Waals surface area contributed by atoms with Crippen LogP contribution >= 0.6 is 0 Å². The number of benzene rings is 2. The van der Waals surface area contributed by atoms with Gasteiger partial charge in [0.2, 0.25) is 0 Å². The van der Waals surface area contributed by atoms with Crippen molar-refractivity contribution in [3.63, 3.8) is 0 Å². The monoisotopic (exact) mass is 563 g/mol. The summed E-state index contributed by atoms with van der Waals surface area (Å²) in [6, 6.07) is 16.7. The summed E-state index contributed by atoms with van der Waals surface area (Å²) in [6.07, 6.45) is 7.00. The maximum atomic E-state index is 15.4. The number of carbonyl (C=O) groups is 2. The lowest BCUT2D eigenvalue weighted by Crippen LogP contribution is -2.39. The topological polar surface area (TPSA) is 100 Å². The standard InChI is InChI=1S/C33H30FN5O3/c1-19-25-5-3-2-4-21(25)12-13-38(19)32(40)29-16-30(22-8-9-22)39-31(36-29)17-28(37-39)26-11-7-20(14-27(26)34)6-10-24-15-23(18-35-24)33(41)42/h2-5,7,11,14-19,22,24H,6,8-10,12-13H2,1H3,(H,41,42)/t19-,24?/m1/s1. The van der Waals surface area contributed by atoms with Gasteiger partial charge in [-0.1, -0.05) is 30.3 Å². The predicted octanol–water partition coefficient (Wildman–Crippen LogP) is 5.57. The van der Waals surface area contributed by atoms with E-state index in [4.69, 9.17) is 15.2 Å². The molecule has 42 heavy (non-hydrogen) atoms. The fourth-order valence-electron chi connectivity index (χ4n) is 6.10. The number of aliphatic carboxylic acids is 1. The summed E-state index contributed by atoms with van der Waals surface area (Å²) in [5.41, 5.74) is 6.13. The molecule has 2 aromatic carbocycles. The van der Waals surface area contributed by atoms with Gasteiger partial charge in [0.05, 0.1) is 23.4 Å². The van der Waals surface area contributed by atoms with Crippen molar-refractivity contribution in [1.82, 2.24) is 19.5 Å². The number of hydrogen-bond donors (Lipinski definition) is 1. The Kier molecular flexibility index (Phi) is 6.45. The Morgan fingerprint density at radius 1 is 1.10 bits per heavy atom. The van der Waals surface area contributed by atoms with E-state index in [0.717, 1.165) is 30.5 Å². The van der Waals surface area contributed by atoms with Gasteiger partial charge in [0.15, 0.2) is 5.65 Å². The van der Waals surface area contributed by atoms with E-state index in [9.17, 15) is 9.59 Å². The van der Waals surface area contributed by atoms with Crippen LogP contribution in [0.1, 0.15) is 71.0 Å². The van der Waals surface area contributed by atoms with Gasteiger partial charge in [0, 0.05) is 36.0 Å². The molecular weight excluding hydrogens is 533 g/mol. The average Bonchev–Trinajstić information content (AvgIpc) is 3.56. The van der Waals surface area contributed by atoms with E-state index in [1.165, 1.54) is 23.4 Å². The number of rotatable bonds is 7. The van der Waals surface area contributed by atoms with Crippen LogP contribution in [0.15, 0.2) is 71.2 Å². The van der Waals surface area contributed by atoms with E-state index in [2.05, 4.69) is 24.0 Å². The minimum Gasteiger partial charge on any atom is -0.478 e. The maximum Gasteiger partial charge on any atom is 0.336 e. The first-order chi connectivity index (χ1) is 20.4. The van der Waals surface area contributed by atoms with Gasteiger partial charge >= 0.3 is 5.97 Å². The van der Waals surface area contributed by atoms with Gasteiger partial charge < -0.3 is 10.0 Å². The van der Waals surface area contributed by atoms with Crippen molar-refractivity contribution in [1.29, 1.82) is 0 Å². The molecule has 9 heteroatoms. The smallest absolute Gasteiger partial charge is 0.336 e. The summed E-state index contributed by atoms with van der Waals surface area (Å²) in [4.78, 5) is 35.7. The van der Waals surface area contributed by atoms with E-state index in [-0.39, 0.29) is 23.6 Å². The second kappa shape index (κ2) is 10.3. The summed E-state index contributed by atoms with van der Waals surface area (Å²) in [5, 5.41) is 13.8. The molecule has 1 fully saturated rings. The molecule has 8 nitrogen and oxygen atoms in total. The lowest BCUT2D eigenvalue weighted by Gasteiger charge is -2.35. The molecule has 1 N–H and O–H groups in total. The second-order valence-electron chi connectivity index (χ2n) is 11.4. The zero-order valence-corrected chi connectivity index (χ0v) is 23.2. The van der Waals surface area contributed by atoms with Gasteiger partial charge in [-0.05, 0) is 80.0 Å². The molecule has 2 aliphatic heterocycles. The largest absolute Gasteiger partial charge is 0.478 e. The highest BCUT2D eigenvalue weighted by Gasteiger charge is 2.32. The van der Waals surface area contributed by atoms with Crippen LogP contribution in [0.4, 0.5) is 4.39 Å². The van der Waals surface area contributed by atoms with Crippen molar-refractivity contribution < 1.29 is 19.1 Å². The molecule has 1 amide bonds. The molecule has 1 unspecified atom stereocenters. The van der Waals surface area contributed by atoms with Gasteiger partial charge in [-0.15, -0.1) is 0 Å². The predicted molar refractivity (Wildman–Crippen MR) is 156 cm³/mol. The van der Waals surface area contributed by atoms with Crippen LogP contribution in [0.25, 0.3) is 16.9 Å². The van der Waals surface area contributed by atoms with Crippen LogP contribution in [0, 0.1) is 5.82 Å². The number of carboxylic acid groups (broad SMARTS) is 1. The van der Waals surface area contributed by atoms with E-state index >= 15 is 4.39 Å². The van der Waals surface area contributed by atoms with Crippen molar-refractivity contribution >= 4 is 23.7 Å². The van der Waals surface area contributed by atoms with Crippen LogP contribution in [-0.4, -0.2) is 55.3 Å². The zero-order chi connectivity index (χ0) is 29.0. The van der Waals surface area contributed by atoms with E-state index in [0.29, 0.717) is 47.9 Å². The van der Waals surface area contributed by atoms with Crippen molar-refractivity contribution in [2.75, 3.05) is 6.54 Å². The van der Waals surface area contributed by atoms with E-state index in [1.807, 2.05) is 29.2 Å². The molecule has 2 aromatic heterocycles. The van der Waals surface area contributed by atoms with Crippen molar-refractivity contribution in [2.24, 2.45) is 4.99 Å². The highest BCUT2D eigenvalue weighted by atomic mass is 19.1. The van der Waals surface area contributed by atoms with E-state index < -0.39 is 11.8 Å². The zero-order valence-electron chi connectivity index (χ0n) is 23.2. The number of aliphatic imine (C=N–C) groups is 1. The number of carbonyl (C=O) groups excluding carboxylic acids is 1. The third-order valence-electron chi connectivity index (χ3n) is 8.59. The van der Waals surface area contributed by atoms with E-state index in [1.54, 1.807) is 22.7 Å². The van der Waals surface area contributed by atoms with Crippen molar-refractivity contribution in [3.8, 4) is 11.3 Å². The molecule has 0 bridgehead atoms. The lowest BCUT2D eigenvalue weighted by atomic mass is 9.93. The third kappa shape index (κ3) is 4.78. The number of amides is 1. The highest BCUT2D eigenvalue weighted by molar-refractivity contribution is 6.09. The SMILES string of the molecule is C[C@@H]1c2ccccc2CCN1C(=O)c1cc(C2CC2)n2nc(-c3ccc(CCC4C=C(C(=O)O)C=N4)cc3F)cc2n1. The first-order valence-corrected chi connectivity index (χ1v) is 14.4. The fourth-order valence-corrected chi connectivity index (χ4v) is 6.10. The summed E-state index contributed by atoms with van der Waals surface area (Å²) in [5.74, 6) is -1.18. The lowest BCUT2D eigenvalue weighted by molar-refractivity contribution is -0.132. The van der Waals surface area contributed by atoms with Gasteiger partial charge in [-0.3, -0.25) is 9.79 Å². The van der Waals surface area contributed by atoms with Crippen LogP contribution in [0.3, 0.4) is 0 Å². The molecule has 1 aliphatic carbocycles. The quantitative estimate of drug-likeness (QED) is 0.317. The molecule has 7 rings (SSSR count). The Morgan fingerprint density at radius 2 is 1.93 bits per heavy atom. The Labute approximate surface area is 242 Å². The maximum absolute atomic E-state index is 15.4. The second-order valence-corrected chi connectivity index (χ2v) is 11.4. The van der Waals surface area contributed by atoms with Crippen LogP contribution in [-0.2, 0) is 17.6 Å². The molecule has 4 aromatic rings. The average molecular weight is 564 g/mol. The Balaban J connectivity index is 1.15. The number of aromatic nitrogens is 3. The van der Waals surface area contributed by atoms with Crippen molar-refractivity contribution in [3.05, 3.63) is 100 Å². The normalized spacial score (nSPS) is 19.7. The Hall–Kier alpha value is -4.66. The fraction of sp³-hybridized carbons (Fsp3) is 0.303. The number of carboxylic acids is 1.